The summed E-state index contributed by atoms with van der Waals surface area (Å²) in [5, 5.41) is 0. The Labute approximate surface area is 170 Å². The molecule has 1 atom stereocenters. The van der Waals surface area contributed by atoms with Gasteiger partial charge < -0.3 is 9.47 Å². The van der Waals surface area contributed by atoms with Gasteiger partial charge in [0.2, 0.25) is 0 Å². The van der Waals surface area contributed by atoms with Crippen LogP contribution in [-0.2, 0) is 35.6 Å². The zero-order valence-corrected chi connectivity index (χ0v) is 17.6. The molecule has 0 saturated carbocycles. The van der Waals surface area contributed by atoms with E-state index in [2.05, 4.69) is 64.2 Å². The molecule has 3 nitrogen and oxygen atoms in total. The number of benzene rings is 2. The van der Waals surface area contributed by atoms with Gasteiger partial charge in [0.25, 0.3) is 0 Å². The molecule has 0 N–H and O–H groups in total. The van der Waals surface area contributed by atoms with Crippen molar-refractivity contribution < 1.29 is 9.47 Å². The lowest BCUT2D eigenvalue weighted by molar-refractivity contribution is 0.0673. The summed E-state index contributed by atoms with van der Waals surface area (Å²) in [4.78, 5) is 2.55. The summed E-state index contributed by atoms with van der Waals surface area (Å²) in [5.41, 5.74) is 6.91. The smallest absolute Gasteiger partial charge is 0.0719 e. The van der Waals surface area contributed by atoms with Crippen LogP contribution in [0.4, 0.5) is 0 Å². The fourth-order valence-electron chi connectivity index (χ4n) is 4.17. The molecule has 4 rings (SSSR count). The van der Waals surface area contributed by atoms with Gasteiger partial charge in [-0.05, 0) is 60.1 Å². The molecule has 0 radical (unpaired) electrons. The zero-order valence-electron chi connectivity index (χ0n) is 16.0. The Hall–Kier alpha value is -1.20. The van der Waals surface area contributed by atoms with Gasteiger partial charge in [-0.2, -0.15) is 0 Å². The second-order valence-electron chi connectivity index (χ2n) is 7.76. The monoisotopic (exact) mass is 429 g/mol. The molecule has 0 spiro atoms. The van der Waals surface area contributed by atoms with E-state index in [1.807, 2.05) is 0 Å². The molecule has 1 unspecified atom stereocenters. The average molecular weight is 430 g/mol. The van der Waals surface area contributed by atoms with Crippen molar-refractivity contribution in [2.75, 3.05) is 19.8 Å². The highest BCUT2D eigenvalue weighted by molar-refractivity contribution is 9.10. The molecule has 0 bridgehead atoms. The minimum Gasteiger partial charge on any atom is -0.377 e. The van der Waals surface area contributed by atoms with Crippen LogP contribution in [0.5, 0.6) is 0 Å². The number of ether oxygens (including phenoxy) is 2. The van der Waals surface area contributed by atoms with Crippen LogP contribution in [0.15, 0.2) is 40.9 Å². The summed E-state index contributed by atoms with van der Waals surface area (Å²) in [6.45, 7) is 7.50. The van der Waals surface area contributed by atoms with Gasteiger partial charge in [0.05, 0.1) is 19.3 Å². The van der Waals surface area contributed by atoms with E-state index in [1.54, 1.807) is 0 Å². The van der Waals surface area contributed by atoms with E-state index in [1.165, 1.54) is 45.1 Å². The molecular weight excluding hydrogens is 402 g/mol. The van der Waals surface area contributed by atoms with E-state index in [9.17, 15) is 0 Å². The minimum absolute atomic E-state index is 0.358. The largest absolute Gasteiger partial charge is 0.377 e. The van der Waals surface area contributed by atoms with Crippen LogP contribution in [0.25, 0.3) is 0 Å². The van der Waals surface area contributed by atoms with Gasteiger partial charge in [0.1, 0.15) is 0 Å². The Morgan fingerprint density at radius 3 is 2.81 bits per heavy atom. The van der Waals surface area contributed by atoms with Crippen LogP contribution in [0, 0.1) is 6.92 Å². The number of hydrogen-bond donors (Lipinski definition) is 0. The van der Waals surface area contributed by atoms with E-state index < -0.39 is 0 Å². The van der Waals surface area contributed by atoms with Crippen LogP contribution in [-0.4, -0.2) is 30.8 Å². The van der Waals surface area contributed by atoms with Crippen LogP contribution >= 0.6 is 15.9 Å². The molecule has 1 fully saturated rings. The van der Waals surface area contributed by atoms with E-state index >= 15 is 0 Å². The standard InChI is InChI=1S/C23H28BrNO2/c1-17-7-8-19(23(24)12-17)14-25(15-21-6-3-10-27-21)13-18-4-2-5-20-16-26-11-9-22(18)20/h2,4-5,7-8,12,21H,3,6,9-11,13-16H2,1H3. The van der Waals surface area contributed by atoms with Gasteiger partial charge in [-0.3, -0.25) is 4.90 Å². The van der Waals surface area contributed by atoms with E-state index in [-0.39, 0.29) is 0 Å². The van der Waals surface area contributed by atoms with Crippen molar-refractivity contribution in [1.82, 2.24) is 4.90 Å². The first-order valence-electron chi connectivity index (χ1n) is 9.95. The lowest BCUT2D eigenvalue weighted by Gasteiger charge is -2.28. The summed E-state index contributed by atoms with van der Waals surface area (Å²) in [6, 6.07) is 13.3. The molecule has 2 aliphatic rings. The van der Waals surface area contributed by atoms with Gasteiger partial charge in [-0.25, -0.2) is 0 Å². The highest BCUT2D eigenvalue weighted by Gasteiger charge is 2.22. The maximum atomic E-state index is 5.95. The number of halogens is 1. The van der Waals surface area contributed by atoms with Crippen LogP contribution < -0.4 is 0 Å². The summed E-state index contributed by atoms with van der Waals surface area (Å²) < 4.78 is 12.8. The summed E-state index contributed by atoms with van der Waals surface area (Å²) >= 11 is 3.76. The van der Waals surface area contributed by atoms with E-state index in [4.69, 9.17) is 9.47 Å². The van der Waals surface area contributed by atoms with Crippen molar-refractivity contribution in [2.45, 2.75) is 52.0 Å². The number of nitrogens with zero attached hydrogens (tertiary/aromatic N) is 1. The lowest BCUT2D eigenvalue weighted by Crippen LogP contribution is -2.32. The fourth-order valence-corrected chi connectivity index (χ4v) is 4.79. The molecule has 2 aromatic rings. The summed E-state index contributed by atoms with van der Waals surface area (Å²) in [6.07, 6.45) is 3.74. The van der Waals surface area contributed by atoms with Gasteiger partial charge in [-0.15, -0.1) is 0 Å². The molecular formula is C23H28BrNO2. The maximum absolute atomic E-state index is 5.95. The number of aryl methyl sites for hydroxylation is 1. The second kappa shape index (κ2) is 8.87. The van der Waals surface area contributed by atoms with Gasteiger partial charge in [0, 0.05) is 30.7 Å². The van der Waals surface area contributed by atoms with Gasteiger partial charge in [0.15, 0.2) is 0 Å². The normalized spacial score (nSPS) is 19.4. The third-order valence-electron chi connectivity index (χ3n) is 5.61. The van der Waals surface area contributed by atoms with E-state index in [0.717, 1.165) is 45.9 Å². The number of hydrogen-bond acceptors (Lipinski definition) is 3. The fraction of sp³-hybridized carbons (Fsp3) is 0.478. The van der Waals surface area contributed by atoms with Gasteiger partial charge >= 0.3 is 0 Å². The van der Waals surface area contributed by atoms with Crippen LogP contribution in [0.2, 0.25) is 0 Å². The quantitative estimate of drug-likeness (QED) is 0.643. The molecule has 27 heavy (non-hydrogen) atoms. The first kappa shape index (κ1) is 19.1. The second-order valence-corrected chi connectivity index (χ2v) is 8.61. The van der Waals surface area contributed by atoms with Crippen molar-refractivity contribution >= 4 is 15.9 Å². The third-order valence-corrected chi connectivity index (χ3v) is 6.34. The molecule has 0 aromatic heterocycles. The van der Waals surface area contributed by atoms with Gasteiger partial charge in [-0.1, -0.05) is 46.3 Å². The molecule has 4 heteroatoms. The Morgan fingerprint density at radius 1 is 1.11 bits per heavy atom. The molecule has 2 heterocycles. The minimum atomic E-state index is 0.358. The number of fused-ring (bicyclic) bond motifs is 1. The van der Waals surface area contributed by atoms with E-state index in [0.29, 0.717) is 6.10 Å². The first-order chi connectivity index (χ1) is 13.2. The molecule has 2 aliphatic heterocycles. The summed E-state index contributed by atoms with van der Waals surface area (Å²) in [7, 11) is 0. The first-order valence-corrected chi connectivity index (χ1v) is 10.7. The highest BCUT2D eigenvalue weighted by Crippen LogP contribution is 2.26. The van der Waals surface area contributed by atoms with Crippen molar-refractivity contribution in [3.05, 3.63) is 68.7 Å². The molecule has 0 aliphatic carbocycles. The Balaban J connectivity index is 1.56. The van der Waals surface area contributed by atoms with Crippen molar-refractivity contribution in [3.8, 4) is 0 Å². The topological polar surface area (TPSA) is 21.7 Å². The Bertz CT molecular complexity index is 786. The van der Waals surface area contributed by atoms with Crippen molar-refractivity contribution in [3.63, 3.8) is 0 Å². The molecule has 144 valence electrons. The zero-order chi connectivity index (χ0) is 18.6. The average Bonchev–Trinajstić information content (AvgIpc) is 3.17. The number of rotatable bonds is 6. The van der Waals surface area contributed by atoms with Crippen molar-refractivity contribution in [1.29, 1.82) is 0 Å². The van der Waals surface area contributed by atoms with Crippen LogP contribution in [0.3, 0.4) is 0 Å². The summed E-state index contributed by atoms with van der Waals surface area (Å²) in [5.74, 6) is 0. The highest BCUT2D eigenvalue weighted by atomic mass is 79.9. The third kappa shape index (κ3) is 4.80. The lowest BCUT2D eigenvalue weighted by atomic mass is 9.96. The maximum Gasteiger partial charge on any atom is 0.0719 e. The SMILES string of the molecule is Cc1ccc(CN(Cc2cccc3c2CCOC3)CC2CCCO2)c(Br)c1. The Kier molecular flexibility index (Phi) is 6.28. The molecule has 1 saturated heterocycles. The van der Waals surface area contributed by atoms with Crippen molar-refractivity contribution in [2.24, 2.45) is 0 Å². The molecule has 2 aromatic carbocycles. The predicted octanol–water partition coefficient (Wildman–Crippen LogP) is 5.01. The Morgan fingerprint density at radius 2 is 2.00 bits per heavy atom. The molecule has 0 amide bonds. The predicted molar refractivity (Wildman–Crippen MR) is 112 cm³/mol. The van der Waals surface area contributed by atoms with Crippen LogP contribution in [0.1, 0.15) is 40.7 Å².